The quantitative estimate of drug-likeness (QED) is 0.676. The highest BCUT2D eigenvalue weighted by molar-refractivity contribution is 5.76. The Bertz CT molecular complexity index is 1040. The summed E-state index contributed by atoms with van der Waals surface area (Å²) < 4.78 is 7.82. The Kier molecular flexibility index (Phi) is 4.39. The van der Waals surface area contributed by atoms with Crippen molar-refractivity contribution < 1.29 is 9.32 Å². The SMILES string of the molecule is Cc1nnc2n1CC(c1nc(-c3ccc(CC(N)=O)cc3)no1)N(CC1CC1)C2. The molecule has 1 aliphatic heterocycles. The number of nitrogens with two attached hydrogens (primary N) is 1. The van der Waals surface area contributed by atoms with Crippen LogP contribution in [0.3, 0.4) is 0 Å². The van der Waals surface area contributed by atoms with Crippen LogP contribution in [-0.2, 0) is 24.3 Å². The van der Waals surface area contributed by atoms with Gasteiger partial charge in [0, 0.05) is 12.1 Å². The van der Waals surface area contributed by atoms with Crippen LogP contribution in [0.1, 0.15) is 42.0 Å². The molecule has 0 bridgehead atoms. The van der Waals surface area contributed by atoms with Gasteiger partial charge in [-0.3, -0.25) is 9.69 Å². The number of nitrogens with zero attached hydrogens (tertiary/aromatic N) is 6. The Labute approximate surface area is 167 Å². The molecule has 1 aromatic carbocycles. The number of amides is 1. The third-order valence-electron chi connectivity index (χ3n) is 5.66. The zero-order chi connectivity index (χ0) is 20.0. The minimum atomic E-state index is -0.351. The number of fused-ring (bicyclic) bond motifs is 1. The minimum absolute atomic E-state index is 0.00758. The molecular weight excluding hydrogens is 370 g/mol. The Morgan fingerprint density at radius 3 is 2.76 bits per heavy atom. The number of benzene rings is 1. The van der Waals surface area contributed by atoms with Gasteiger partial charge in [-0.1, -0.05) is 29.4 Å². The van der Waals surface area contributed by atoms with E-state index < -0.39 is 0 Å². The minimum Gasteiger partial charge on any atom is -0.369 e. The van der Waals surface area contributed by atoms with Gasteiger partial charge in [0.05, 0.1) is 19.5 Å². The second kappa shape index (κ2) is 7.07. The molecule has 2 aliphatic rings. The van der Waals surface area contributed by atoms with Crippen LogP contribution in [0.2, 0.25) is 0 Å². The van der Waals surface area contributed by atoms with Crippen LogP contribution in [0.25, 0.3) is 11.4 Å². The van der Waals surface area contributed by atoms with Crippen molar-refractivity contribution in [2.45, 2.75) is 45.3 Å². The van der Waals surface area contributed by atoms with E-state index in [-0.39, 0.29) is 18.4 Å². The maximum absolute atomic E-state index is 11.1. The van der Waals surface area contributed by atoms with Crippen molar-refractivity contribution in [3.05, 3.63) is 47.4 Å². The van der Waals surface area contributed by atoms with Gasteiger partial charge >= 0.3 is 0 Å². The van der Waals surface area contributed by atoms with Crippen molar-refractivity contribution in [1.82, 2.24) is 29.8 Å². The van der Waals surface area contributed by atoms with Gasteiger partial charge in [-0.05, 0) is 31.2 Å². The van der Waals surface area contributed by atoms with E-state index in [1.54, 1.807) is 0 Å². The first-order chi connectivity index (χ1) is 14.1. The number of aryl methyl sites for hydroxylation is 1. The molecule has 0 radical (unpaired) electrons. The van der Waals surface area contributed by atoms with Gasteiger partial charge in [0.2, 0.25) is 17.6 Å². The summed E-state index contributed by atoms with van der Waals surface area (Å²) in [6, 6.07) is 7.51. The number of hydrogen-bond acceptors (Lipinski definition) is 7. The summed E-state index contributed by atoms with van der Waals surface area (Å²) in [6.07, 6.45) is 2.78. The molecule has 9 heteroatoms. The van der Waals surface area contributed by atoms with Crippen LogP contribution in [0.4, 0.5) is 0 Å². The molecule has 0 spiro atoms. The van der Waals surface area contributed by atoms with Crippen LogP contribution < -0.4 is 5.73 Å². The normalized spacial score (nSPS) is 19.3. The Morgan fingerprint density at radius 1 is 1.24 bits per heavy atom. The van der Waals surface area contributed by atoms with Crippen LogP contribution in [0.5, 0.6) is 0 Å². The van der Waals surface area contributed by atoms with Gasteiger partial charge in [-0.25, -0.2) is 0 Å². The lowest BCUT2D eigenvalue weighted by Crippen LogP contribution is -2.38. The van der Waals surface area contributed by atoms with Crippen LogP contribution >= 0.6 is 0 Å². The third kappa shape index (κ3) is 3.65. The topological polar surface area (TPSA) is 116 Å². The predicted octanol–water partition coefficient (Wildman–Crippen LogP) is 1.63. The first kappa shape index (κ1) is 18.0. The number of hydrogen-bond donors (Lipinski definition) is 1. The molecule has 2 aromatic heterocycles. The molecule has 1 unspecified atom stereocenters. The van der Waals surface area contributed by atoms with E-state index in [0.29, 0.717) is 18.3 Å². The van der Waals surface area contributed by atoms with E-state index in [9.17, 15) is 4.79 Å². The van der Waals surface area contributed by atoms with Crippen molar-refractivity contribution in [2.75, 3.05) is 6.54 Å². The summed E-state index contributed by atoms with van der Waals surface area (Å²) in [7, 11) is 0. The van der Waals surface area contributed by atoms with Crippen molar-refractivity contribution >= 4 is 5.91 Å². The average Bonchev–Trinajstić information content (AvgIpc) is 3.25. The molecule has 2 N–H and O–H groups in total. The molecule has 0 saturated heterocycles. The van der Waals surface area contributed by atoms with Gasteiger partial charge in [0.1, 0.15) is 17.7 Å². The standard InChI is InChI=1S/C20H23N7O2/c1-12-23-24-18-11-26(9-14-2-3-14)16(10-27(12)18)20-22-19(25-29-20)15-6-4-13(5-7-15)8-17(21)28/h4-7,14,16H,2-3,8-11H2,1H3,(H2,21,28). The van der Waals surface area contributed by atoms with Gasteiger partial charge in [0.25, 0.3) is 0 Å². The van der Waals surface area contributed by atoms with E-state index >= 15 is 0 Å². The lowest BCUT2D eigenvalue weighted by atomic mass is 10.1. The molecule has 1 saturated carbocycles. The summed E-state index contributed by atoms with van der Waals surface area (Å²) in [6.45, 7) is 4.43. The molecular formula is C20H23N7O2. The summed E-state index contributed by atoms with van der Waals surface area (Å²) in [4.78, 5) is 18.2. The molecule has 29 heavy (non-hydrogen) atoms. The van der Waals surface area contributed by atoms with Crippen LogP contribution in [0.15, 0.2) is 28.8 Å². The second-order valence-electron chi connectivity index (χ2n) is 7.96. The average molecular weight is 393 g/mol. The smallest absolute Gasteiger partial charge is 0.246 e. The Morgan fingerprint density at radius 2 is 2.03 bits per heavy atom. The van der Waals surface area contributed by atoms with E-state index in [1.807, 2.05) is 31.2 Å². The largest absolute Gasteiger partial charge is 0.369 e. The highest BCUT2D eigenvalue weighted by Crippen LogP contribution is 2.36. The molecule has 1 amide bonds. The molecule has 1 atom stereocenters. The van der Waals surface area contributed by atoms with Crippen molar-refractivity contribution in [1.29, 1.82) is 0 Å². The molecule has 3 heterocycles. The highest BCUT2D eigenvalue weighted by atomic mass is 16.5. The van der Waals surface area contributed by atoms with E-state index in [0.717, 1.165) is 41.8 Å². The zero-order valence-corrected chi connectivity index (χ0v) is 16.3. The van der Waals surface area contributed by atoms with Gasteiger partial charge in [-0.2, -0.15) is 4.98 Å². The summed E-state index contributed by atoms with van der Waals surface area (Å²) in [5, 5.41) is 12.7. The summed E-state index contributed by atoms with van der Waals surface area (Å²) in [5.74, 6) is 3.44. The first-order valence-electron chi connectivity index (χ1n) is 9.91. The third-order valence-corrected chi connectivity index (χ3v) is 5.66. The number of rotatable bonds is 6. The molecule has 9 nitrogen and oxygen atoms in total. The van der Waals surface area contributed by atoms with E-state index in [4.69, 9.17) is 15.2 Å². The molecule has 5 rings (SSSR count). The Hall–Kier alpha value is -3.07. The number of carbonyl (C=O) groups excluding carboxylic acids is 1. The first-order valence-corrected chi connectivity index (χ1v) is 9.91. The number of carbonyl (C=O) groups is 1. The van der Waals surface area contributed by atoms with Crippen molar-refractivity contribution in [3.8, 4) is 11.4 Å². The molecule has 3 aromatic rings. The van der Waals surface area contributed by atoms with Crippen molar-refractivity contribution in [2.24, 2.45) is 11.7 Å². The lowest BCUT2D eigenvalue weighted by molar-refractivity contribution is -0.117. The fraction of sp³-hybridized carbons (Fsp3) is 0.450. The van der Waals surface area contributed by atoms with Crippen LogP contribution in [-0.4, -0.2) is 42.3 Å². The van der Waals surface area contributed by atoms with E-state index in [1.165, 1.54) is 12.8 Å². The molecule has 1 fully saturated rings. The summed E-state index contributed by atoms with van der Waals surface area (Å²) >= 11 is 0. The maximum Gasteiger partial charge on any atom is 0.246 e. The summed E-state index contributed by atoms with van der Waals surface area (Å²) in [5.41, 5.74) is 6.96. The van der Waals surface area contributed by atoms with Crippen LogP contribution in [0, 0.1) is 12.8 Å². The maximum atomic E-state index is 11.1. The highest BCUT2D eigenvalue weighted by Gasteiger charge is 2.36. The van der Waals surface area contributed by atoms with Crippen molar-refractivity contribution in [3.63, 3.8) is 0 Å². The van der Waals surface area contributed by atoms with E-state index in [2.05, 4.69) is 24.8 Å². The zero-order valence-electron chi connectivity index (χ0n) is 16.3. The lowest BCUT2D eigenvalue weighted by Gasteiger charge is -2.33. The number of aromatic nitrogens is 5. The monoisotopic (exact) mass is 393 g/mol. The molecule has 150 valence electrons. The Balaban J connectivity index is 1.40. The van der Waals surface area contributed by atoms with Gasteiger partial charge in [0.15, 0.2) is 0 Å². The molecule has 1 aliphatic carbocycles. The van der Waals surface area contributed by atoms with Gasteiger partial charge in [-0.15, -0.1) is 10.2 Å². The second-order valence-corrected chi connectivity index (χ2v) is 7.96. The fourth-order valence-electron chi connectivity index (χ4n) is 3.88. The fourth-order valence-corrected chi connectivity index (χ4v) is 3.88. The number of primary amides is 1. The predicted molar refractivity (Wildman–Crippen MR) is 103 cm³/mol. The van der Waals surface area contributed by atoms with Gasteiger partial charge < -0.3 is 14.8 Å².